The van der Waals surface area contributed by atoms with E-state index >= 15 is 0 Å². The minimum Gasteiger partial charge on any atom is -0.478 e. The fraction of sp³-hybridized carbons (Fsp3) is 0.429. The van der Waals surface area contributed by atoms with Crippen molar-refractivity contribution in [1.82, 2.24) is 4.90 Å². The van der Waals surface area contributed by atoms with Gasteiger partial charge >= 0.3 is 12.0 Å². The van der Waals surface area contributed by atoms with Crippen molar-refractivity contribution >= 4 is 29.3 Å². The summed E-state index contributed by atoms with van der Waals surface area (Å²) < 4.78 is 0. The molecule has 1 atom stereocenters. The quantitative estimate of drug-likeness (QED) is 0.871. The predicted octanol–water partition coefficient (Wildman–Crippen LogP) is 3.69. The van der Waals surface area contributed by atoms with E-state index in [2.05, 4.69) is 5.32 Å². The van der Waals surface area contributed by atoms with Crippen LogP contribution in [-0.2, 0) is 0 Å². The molecule has 0 bridgehead atoms. The van der Waals surface area contributed by atoms with Crippen LogP contribution in [0.15, 0.2) is 18.2 Å². The number of aromatic carboxylic acids is 1. The number of amides is 2. The Morgan fingerprint density at radius 2 is 2.10 bits per heavy atom. The van der Waals surface area contributed by atoms with Crippen molar-refractivity contribution in [3.05, 3.63) is 28.8 Å². The first-order chi connectivity index (χ1) is 9.36. The summed E-state index contributed by atoms with van der Waals surface area (Å²) in [7, 11) is 1.69. The maximum atomic E-state index is 12.1. The summed E-state index contributed by atoms with van der Waals surface area (Å²) in [5.41, 5.74) is 0.213. The van der Waals surface area contributed by atoms with Gasteiger partial charge in [0, 0.05) is 18.1 Å². The third-order valence-corrected chi connectivity index (χ3v) is 3.38. The van der Waals surface area contributed by atoms with E-state index in [1.165, 1.54) is 12.1 Å². The van der Waals surface area contributed by atoms with Gasteiger partial charge in [0.1, 0.15) is 0 Å². The van der Waals surface area contributed by atoms with Gasteiger partial charge in [-0.15, -0.1) is 0 Å². The van der Waals surface area contributed by atoms with Crippen molar-refractivity contribution in [1.29, 1.82) is 0 Å². The van der Waals surface area contributed by atoms with Crippen LogP contribution in [0.2, 0.25) is 5.02 Å². The molecule has 0 spiro atoms. The fourth-order valence-corrected chi connectivity index (χ4v) is 1.99. The van der Waals surface area contributed by atoms with Crippen LogP contribution in [0, 0.1) is 0 Å². The molecule has 6 heteroatoms. The van der Waals surface area contributed by atoms with Gasteiger partial charge < -0.3 is 15.3 Å². The minimum atomic E-state index is -1.13. The summed E-state index contributed by atoms with van der Waals surface area (Å²) in [6.07, 6.45) is 1.86. The molecule has 0 fully saturated rings. The number of nitrogens with one attached hydrogen (secondary N) is 1. The van der Waals surface area contributed by atoms with Crippen molar-refractivity contribution < 1.29 is 14.7 Å². The topological polar surface area (TPSA) is 69.6 Å². The number of anilines is 1. The van der Waals surface area contributed by atoms with Gasteiger partial charge in [-0.25, -0.2) is 9.59 Å². The SMILES string of the molecule is CCCC(C)N(C)C(=O)Nc1ccc(Cl)cc1C(=O)O. The Bertz CT molecular complexity index is 505. The summed E-state index contributed by atoms with van der Waals surface area (Å²) in [6.45, 7) is 3.99. The molecule has 2 amide bonds. The molecule has 110 valence electrons. The maximum Gasteiger partial charge on any atom is 0.337 e. The van der Waals surface area contributed by atoms with Gasteiger partial charge in [0.2, 0.25) is 0 Å². The maximum absolute atomic E-state index is 12.1. The molecule has 1 aromatic rings. The van der Waals surface area contributed by atoms with E-state index in [1.54, 1.807) is 18.0 Å². The molecule has 0 saturated heterocycles. The lowest BCUT2D eigenvalue weighted by molar-refractivity contribution is 0.0698. The number of halogens is 1. The number of carboxylic acids is 1. The largest absolute Gasteiger partial charge is 0.478 e. The molecule has 1 unspecified atom stereocenters. The van der Waals surface area contributed by atoms with Crippen LogP contribution in [-0.4, -0.2) is 35.1 Å². The molecule has 0 heterocycles. The number of hydrogen-bond donors (Lipinski definition) is 2. The van der Waals surface area contributed by atoms with Crippen LogP contribution < -0.4 is 5.32 Å². The molecule has 0 aliphatic heterocycles. The smallest absolute Gasteiger partial charge is 0.337 e. The number of carbonyl (C=O) groups excluding carboxylic acids is 1. The minimum absolute atomic E-state index is 0.0256. The van der Waals surface area contributed by atoms with E-state index in [1.807, 2.05) is 13.8 Å². The number of benzene rings is 1. The summed E-state index contributed by atoms with van der Waals surface area (Å²) in [5, 5.41) is 12.0. The lowest BCUT2D eigenvalue weighted by Gasteiger charge is -2.25. The number of carboxylic acid groups (broad SMARTS) is 1. The molecule has 0 radical (unpaired) electrons. The number of urea groups is 1. The van der Waals surface area contributed by atoms with Gasteiger partial charge in [0.25, 0.3) is 0 Å². The Morgan fingerprint density at radius 1 is 1.45 bits per heavy atom. The Balaban J connectivity index is 2.88. The zero-order valence-corrected chi connectivity index (χ0v) is 12.6. The van der Waals surface area contributed by atoms with Crippen LogP contribution in [0.1, 0.15) is 37.0 Å². The van der Waals surface area contributed by atoms with Gasteiger partial charge in [-0.05, 0) is 31.5 Å². The highest BCUT2D eigenvalue weighted by molar-refractivity contribution is 6.31. The zero-order chi connectivity index (χ0) is 15.3. The molecule has 5 nitrogen and oxygen atoms in total. The van der Waals surface area contributed by atoms with Crippen molar-refractivity contribution in [2.75, 3.05) is 12.4 Å². The monoisotopic (exact) mass is 298 g/mol. The Morgan fingerprint density at radius 3 is 2.65 bits per heavy atom. The Hall–Kier alpha value is -1.75. The number of hydrogen-bond acceptors (Lipinski definition) is 2. The summed E-state index contributed by atoms with van der Waals surface area (Å²) >= 11 is 5.77. The van der Waals surface area contributed by atoms with E-state index in [0.29, 0.717) is 5.02 Å². The van der Waals surface area contributed by atoms with E-state index in [-0.39, 0.29) is 23.3 Å². The standard InChI is InChI=1S/C14H19ClN2O3/c1-4-5-9(2)17(3)14(20)16-12-7-6-10(15)8-11(12)13(18)19/h6-9H,4-5H2,1-3H3,(H,16,20)(H,18,19). The summed E-state index contributed by atoms with van der Waals surface area (Å²) in [6, 6.07) is 4.09. The molecule has 0 aromatic heterocycles. The zero-order valence-electron chi connectivity index (χ0n) is 11.8. The fourth-order valence-electron chi connectivity index (χ4n) is 1.82. The molecule has 0 aliphatic rings. The van der Waals surface area contributed by atoms with Gasteiger partial charge in [-0.1, -0.05) is 24.9 Å². The average molecular weight is 299 g/mol. The Kier molecular flexibility index (Phi) is 5.82. The summed E-state index contributed by atoms with van der Waals surface area (Å²) in [5.74, 6) is -1.13. The second-order valence-corrected chi connectivity index (χ2v) is 5.11. The van der Waals surface area contributed by atoms with Gasteiger partial charge in [0.05, 0.1) is 11.3 Å². The molecule has 2 N–H and O–H groups in total. The van der Waals surface area contributed by atoms with Gasteiger partial charge in [-0.3, -0.25) is 0 Å². The van der Waals surface area contributed by atoms with Crippen molar-refractivity contribution in [2.24, 2.45) is 0 Å². The van der Waals surface area contributed by atoms with Crippen molar-refractivity contribution in [3.63, 3.8) is 0 Å². The highest BCUT2D eigenvalue weighted by Crippen LogP contribution is 2.21. The molecular formula is C14H19ClN2O3. The van der Waals surface area contributed by atoms with Gasteiger partial charge in [0.15, 0.2) is 0 Å². The van der Waals surface area contributed by atoms with E-state index in [4.69, 9.17) is 16.7 Å². The average Bonchev–Trinajstić information content (AvgIpc) is 2.39. The summed E-state index contributed by atoms with van der Waals surface area (Å²) in [4.78, 5) is 24.8. The molecule has 1 rings (SSSR count). The van der Waals surface area contributed by atoms with E-state index in [9.17, 15) is 9.59 Å². The lowest BCUT2D eigenvalue weighted by atomic mass is 10.1. The van der Waals surface area contributed by atoms with E-state index in [0.717, 1.165) is 12.8 Å². The number of rotatable bonds is 5. The van der Waals surface area contributed by atoms with E-state index < -0.39 is 5.97 Å². The molecule has 0 aliphatic carbocycles. The molecule has 1 aromatic carbocycles. The number of nitrogens with zero attached hydrogens (tertiary/aromatic N) is 1. The first-order valence-corrected chi connectivity index (χ1v) is 6.81. The predicted molar refractivity (Wildman–Crippen MR) is 79.6 cm³/mol. The lowest BCUT2D eigenvalue weighted by Crippen LogP contribution is -2.38. The normalized spacial score (nSPS) is 11.8. The van der Waals surface area contributed by atoms with Crippen molar-refractivity contribution in [2.45, 2.75) is 32.7 Å². The molecule has 0 saturated carbocycles. The first kappa shape index (κ1) is 16.3. The van der Waals surface area contributed by atoms with Crippen molar-refractivity contribution in [3.8, 4) is 0 Å². The van der Waals surface area contributed by atoms with Crippen LogP contribution in [0.25, 0.3) is 0 Å². The van der Waals surface area contributed by atoms with Crippen LogP contribution in [0.4, 0.5) is 10.5 Å². The Labute approximate surface area is 123 Å². The second kappa shape index (κ2) is 7.14. The molecular weight excluding hydrogens is 280 g/mol. The van der Waals surface area contributed by atoms with Crippen LogP contribution in [0.3, 0.4) is 0 Å². The second-order valence-electron chi connectivity index (χ2n) is 4.67. The van der Waals surface area contributed by atoms with Crippen LogP contribution in [0.5, 0.6) is 0 Å². The number of carbonyl (C=O) groups is 2. The first-order valence-electron chi connectivity index (χ1n) is 6.43. The van der Waals surface area contributed by atoms with Crippen LogP contribution >= 0.6 is 11.6 Å². The molecule has 20 heavy (non-hydrogen) atoms. The third-order valence-electron chi connectivity index (χ3n) is 3.14. The van der Waals surface area contributed by atoms with Gasteiger partial charge in [-0.2, -0.15) is 0 Å². The highest BCUT2D eigenvalue weighted by atomic mass is 35.5. The highest BCUT2D eigenvalue weighted by Gasteiger charge is 2.18. The third kappa shape index (κ3) is 4.13.